The van der Waals surface area contributed by atoms with Gasteiger partial charge in [-0.25, -0.2) is 0 Å². The third-order valence-corrected chi connectivity index (χ3v) is 3.76. The molecule has 17 heavy (non-hydrogen) atoms. The number of rotatable bonds is 3. The van der Waals surface area contributed by atoms with E-state index in [9.17, 15) is 5.11 Å². The normalized spacial score (nSPS) is 12.4. The zero-order valence-corrected chi connectivity index (χ0v) is 12.3. The minimum Gasteiger partial charge on any atom is -0.388 e. The van der Waals surface area contributed by atoms with Gasteiger partial charge in [0, 0.05) is 9.80 Å². The number of aliphatic hydroxyl groups excluding tert-OH is 1. The molecule has 1 nitrogen and oxygen atoms in total. The van der Waals surface area contributed by atoms with Crippen LogP contribution in [0.25, 0.3) is 11.1 Å². The fraction of sp³-hybridized carbons (Fsp3) is 0.143. The minimum atomic E-state index is -0.436. The van der Waals surface area contributed by atoms with Crippen molar-refractivity contribution < 1.29 is 5.11 Å². The summed E-state index contributed by atoms with van der Waals surface area (Å²) in [4.78, 5) is 0. The van der Waals surface area contributed by atoms with Gasteiger partial charge in [0.1, 0.15) is 0 Å². The maximum atomic E-state index is 9.67. The summed E-state index contributed by atoms with van der Waals surface area (Å²) in [6, 6.07) is 16.2. The van der Waals surface area contributed by atoms with Crippen LogP contribution in [0, 0.1) is 0 Å². The summed E-state index contributed by atoms with van der Waals surface area (Å²) in [6.45, 7) is 0. The van der Waals surface area contributed by atoms with Gasteiger partial charge < -0.3 is 5.11 Å². The molecule has 0 aliphatic carbocycles. The van der Waals surface area contributed by atoms with Crippen molar-refractivity contribution in [3.05, 3.63) is 58.6 Å². The zero-order chi connectivity index (χ0) is 12.3. The van der Waals surface area contributed by atoms with Crippen LogP contribution in [0.2, 0.25) is 0 Å². The molecule has 88 valence electrons. The first-order chi connectivity index (χ1) is 8.20. The van der Waals surface area contributed by atoms with Gasteiger partial charge in [0.15, 0.2) is 0 Å². The molecule has 0 unspecified atom stereocenters. The summed E-state index contributed by atoms with van der Waals surface area (Å²) < 4.78 is 1.08. The molecule has 0 bridgehead atoms. The highest BCUT2D eigenvalue weighted by Crippen LogP contribution is 2.24. The van der Waals surface area contributed by atoms with E-state index in [1.165, 1.54) is 5.56 Å². The molecule has 2 aromatic rings. The van der Waals surface area contributed by atoms with Crippen molar-refractivity contribution in [3.63, 3.8) is 0 Å². The van der Waals surface area contributed by atoms with Crippen LogP contribution in [-0.2, 0) is 0 Å². The zero-order valence-electron chi connectivity index (χ0n) is 9.11. The van der Waals surface area contributed by atoms with E-state index in [2.05, 4.69) is 44.0 Å². The van der Waals surface area contributed by atoms with Crippen LogP contribution in [0.3, 0.4) is 0 Å². The highest BCUT2D eigenvalue weighted by Gasteiger charge is 2.05. The Kier molecular flexibility index (Phi) is 4.37. The first kappa shape index (κ1) is 12.8. The summed E-state index contributed by atoms with van der Waals surface area (Å²) in [7, 11) is 0. The van der Waals surface area contributed by atoms with Gasteiger partial charge in [0.05, 0.1) is 6.10 Å². The van der Waals surface area contributed by atoms with Gasteiger partial charge in [-0.05, 0) is 28.8 Å². The molecule has 1 atom stereocenters. The maximum absolute atomic E-state index is 9.67. The molecule has 0 saturated heterocycles. The Morgan fingerprint density at radius 3 is 1.82 bits per heavy atom. The van der Waals surface area contributed by atoms with Crippen LogP contribution in [-0.4, -0.2) is 10.4 Å². The molecule has 0 spiro atoms. The Labute approximate surface area is 118 Å². The number of hydrogen-bond donors (Lipinski definition) is 1. The summed E-state index contributed by atoms with van der Waals surface area (Å²) >= 11 is 6.69. The van der Waals surface area contributed by atoms with Crippen molar-refractivity contribution in [1.29, 1.82) is 0 Å². The first-order valence-electron chi connectivity index (χ1n) is 5.30. The summed E-state index contributed by atoms with van der Waals surface area (Å²) in [5, 5.41) is 10.2. The van der Waals surface area contributed by atoms with Crippen LogP contribution in [0.15, 0.2) is 53.0 Å². The number of alkyl halides is 1. The lowest BCUT2D eigenvalue weighted by Gasteiger charge is -2.08. The molecule has 1 N–H and O–H groups in total. The molecular formula is C14H12Br2O. The number of aliphatic hydroxyl groups is 1. The Morgan fingerprint density at radius 2 is 1.35 bits per heavy atom. The molecule has 0 radical (unpaired) electrons. The van der Waals surface area contributed by atoms with E-state index in [4.69, 9.17) is 0 Å². The lowest BCUT2D eigenvalue weighted by Crippen LogP contribution is -1.97. The number of benzene rings is 2. The Morgan fingerprint density at radius 1 is 0.882 bits per heavy atom. The van der Waals surface area contributed by atoms with Crippen molar-refractivity contribution in [2.75, 3.05) is 5.33 Å². The fourth-order valence-corrected chi connectivity index (χ4v) is 2.27. The second-order valence-electron chi connectivity index (χ2n) is 3.80. The van der Waals surface area contributed by atoms with Crippen LogP contribution in [0.4, 0.5) is 0 Å². The largest absolute Gasteiger partial charge is 0.388 e. The van der Waals surface area contributed by atoms with E-state index in [0.29, 0.717) is 5.33 Å². The van der Waals surface area contributed by atoms with Gasteiger partial charge in [0.2, 0.25) is 0 Å². The highest BCUT2D eigenvalue weighted by atomic mass is 79.9. The third kappa shape index (κ3) is 3.18. The minimum absolute atomic E-state index is 0.436. The first-order valence-corrected chi connectivity index (χ1v) is 7.22. The van der Waals surface area contributed by atoms with E-state index in [0.717, 1.165) is 15.6 Å². The van der Waals surface area contributed by atoms with E-state index < -0.39 is 6.10 Å². The Balaban J connectivity index is 2.26. The smallest absolute Gasteiger partial charge is 0.0886 e. The van der Waals surface area contributed by atoms with Gasteiger partial charge >= 0.3 is 0 Å². The third-order valence-electron chi connectivity index (χ3n) is 2.62. The number of halogens is 2. The van der Waals surface area contributed by atoms with E-state index in [1.54, 1.807) is 0 Å². The summed E-state index contributed by atoms with van der Waals surface area (Å²) in [5.74, 6) is 0. The van der Waals surface area contributed by atoms with Crippen LogP contribution in [0.5, 0.6) is 0 Å². The Hall–Kier alpha value is -0.640. The van der Waals surface area contributed by atoms with Crippen LogP contribution < -0.4 is 0 Å². The quantitative estimate of drug-likeness (QED) is 0.801. The lowest BCUT2D eigenvalue weighted by molar-refractivity contribution is 0.205. The van der Waals surface area contributed by atoms with E-state index in [-0.39, 0.29) is 0 Å². The number of hydrogen-bond acceptors (Lipinski definition) is 1. The predicted octanol–water partition coefficient (Wildman–Crippen LogP) is 4.54. The van der Waals surface area contributed by atoms with E-state index in [1.807, 2.05) is 36.4 Å². The molecule has 2 aromatic carbocycles. The monoisotopic (exact) mass is 354 g/mol. The standard InChI is InChI=1S/C14H12Br2O/c15-9-14(17)12-3-1-10(2-4-12)11-5-7-13(16)8-6-11/h1-8,14,17H,9H2/t14-/m0/s1. The molecule has 2 rings (SSSR count). The molecule has 0 amide bonds. The lowest BCUT2D eigenvalue weighted by atomic mass is 10.0. The van der Waals surface area contributed by atoms with Gasteiger partial charge in [0.25, 0.3) is 0 Å². The van der Waals surface area contributed by atoms with Crippen molar-refractivity contribution in [1.82, 2.24) is 0 Å². The van der Waals surface area contributed by atoms with Gasteiger partial charge in [-0.15, -0.1) is 0 Å². The molecule has 0 fully saturated rings. The molecule has 0 aliphatic rings. The summed E-state index contributed by atoms with van der Waals surface area (Å²) in [6.07, 6.45) is -0.436. The molecule has 3 heteroatoms. The Bertz CT molecular complexity index is 477. The average molecular weight is 356 g/mol. The fourth-order valence-electron chi connectivity index (χ4n) is 1.63. The molecule has 0 heterocycles. The molecular weight excluding hydrogens is 344 g/mol. The second-order valence-corrected chi connectivity index (χ2v) is 5.36. The predicted molar refractivity (Wildman–Crippen MR) is 78.3 cm³/mol. The molecule has 0 aromatic heterocycles. The van der Waals surface area contributed by atoms with Crippen LogP contribution >= 0.6 is 31.9 Å². The van der Waals surface area contributed by atoms with Crippen molar-refractivity contribution in [3.8, 4) is 11.1 Å². The van der Waals surface area contributed by atoms with E-state index >= 15 is 0 Å². The van der Waals surface area contributed by atoms with Gasteiger partial charge in [-0.1, -0.05) is 68.3 Å². The maximum Gasteiger partial charge on any atom is 0.0886 e. The highest BCUT2D eigenvalue weighted by molar-refractivity contribution is 9.10. The van der Waals surface area contributed by atoms with Crippen LogP contribution in [0.1, 0.15) is 11.7 Å². The SMILES string of the molecule is O[C@@H](CBr)c1ccc(-c2ccc(Br)cc2)cc1. The second kappa shape index (κ2) is 5.80. The van der Waals surface area contributed by atoms with Crippen molar-refractivity contribution in [2.24, 2.45) is 0 Å². The van der Waals surface area contributed by atoms with Crippen molar-refractivity contribution >= 4 is 31.9 Å². The average Bonchev–Trinajstić information content (AvgIpc) is 2.39. The van der Waals surface area contributed by atoms with Crippen molar-refractivity contribution in [2.45, 2.75) is 6.10 Å². The van der Waals surface area contributed by atoms with Gasteiger partial charge in [-0.2, -0.15) is 0 Å². The molecule has 0 aliphatic heterocycles. The van der Waals surface area contributed by atoms with Gasteiger partial charge in [-0.3, -0.25) is 0 Å². The summed E-state index contributed by atoms with van der Waals surface area (Å²) in [5.41, 5.74) is 3.26. The molecule has 0 saturated carbocycles. The topological polar surface area (TPSA) is 20.2 Å².